The van der Waals surface area contributed by atoms with E-state index < -0.39 is 10.2 Å². The number of rotatable bonds is 5. The van der Waals surface area contributed by atoms with Crippen molar-refractivity contribution < 1.29 is 8.42 Å². The molecule has 4 rings (SSSR count). The molecule has 2 aliphatic carbocycles. The zero-order chi connectivity index (χ0) is 19.0. The van der Waals surface area contributed by atoms with Crippen LogP contribution in [0.5, 0.6) is 0 Å². The fourth-order valence-corrected chi connectivity index (χ4v) is 5.83. The fraction of sp³-hybridized carbons (Fsp3) is 0.778. The van der Waals surface area contributed by atoms with Crippen LogP contribution < -0.4 is 4.90 Å². The smallest absolute Gasteiger partial charge is 0.282 e. The first-order chi connectivity index (χ1) is 12.9. The van der Waals surface area contributed by atoms with Gasteiger partial charge in [-0.15, -0.1) is 0 Å². The van der Waals surface area contributed by atoms with Gasteiger partial charge in [0.1, 0.15) is 16.8 Å². The Kier molecular flexibility index (Phi) is 5.60. The van der Waals surface area contributed by atoms with Crippen LogP contribution in [0.1, 0.15) is 56.7 Å². The summed E-state index contributed by atoms with van der Waals surface area (Å²) in [7, 11) is -1.67. The van der Waals surface area contributed by atoms with Gasteiger partial charge in [0.25, 0.3) is 10.2 Å². The minimum Gasteiger partial charge on any atom is -0.354 e. The molecule has 150 valence electrons. The highest BCUT2D eigenvalue weighted by Crippen LogP contribution is 2.39. The summed E-state index contributed by atoms with van der Waals surface area (Å²) in [6, 6.07) is 1.93. The Morgan fingerprint density at radius 1 is 1.04 bits per heavy atom. The maximum Gasteiger partial charge on any atom is 0.282 e. The summed E-state index contributed by atoms with van der Waals surface area (Å²) in [5.41, 5.74) is 0. The molecule has 0 radical (unpaired) electrons. The van der Waals surface area contributed by atoms with E-state index in [0.29, 0.717) is 37.3 Å². The predicted molar refractivity (Wildman–Crippen MR) is 106 cm³/mol. The van der Waals surface area contributed by atoms with Gasteiger partial charge in [0, 0.05) is 51.3 Å². The van der Waals surface area contributed by atoms with Crippen molar-refractivity contribution in [3.8, 4) is 0 Å². The predicted octanol–water partition coefficient (Wildman–Crippen LogP) is 2.64. The Balaban J connectivity index is 1.41. The second-order valence-electron chi connectivity index (χ2n) is 7.88. The molecule has 0 spiro atoms. The summed E-state index contributed by atoms with van der Waals surface area (Å²) in [4.78, 5) is 11.1. The second-order valence-corrected chi connectivity index (χ2v) is 10.3. The van der Waals surface area contributed by atoms with Gasteiger partial charge in [-0.2, -0.15) is 17.0 Å². The van der Waals surface area contributed by atoms with E-state index in [4.69, 9.17) is 11.6 Å². The van der Waals surface area contributed by atoms with Gasteiger partial charge >= 0.3 is 0 Å². The van der Waals surface area contributed by atoms with Crippen LogP contribution in [0.4, 0.5) is 5.82 Å². The lowest BCUT2D eigenvalue weighted by Crippen LogP contribution is -2.54. The van der Waals surface area contributed by atoms with Crippen molar-refractivity contribution in [1.29, 1.82) is 0 Å². The molecule has 0 amide bonds. The van der Waals surface area contributed by atoms with Gasteiger partial charge in [0.2, 0.25) is 0 Å². The summed E-state index contributed by atoms with van der Waals surface area (Å²) >= 11 is 6.18. The third-order valence-corrected chi connectivity index (χ3v) is 8.22. The topological polar surface area (TPSA) is 69.6 Å². The average Bonchev–Trinajstić information content (AvgIpc) is 3.53. The van der Waals surface area contributed by atoms with Crippen LogP contribution in [-0.2, 0) is 10.2 Å². The van der Waals surface area contributed by atoms with E-state index in [2.05, 4.69) is 14.9 Å². The molecular formula is C18H28ClN5O2S. The Morgan fingerprint density at radius 3 is 2.33 bits per heavy atom. The molecule has 0 unspecified atom stereocenters. The molecule has 0 N–H and O–H groups in total. The first-order valence-corrected chi connectivity index (χ1v) is 11.7. The van der Waals surface area contributed by atoms with Crippen molar-refractivity contribution in [2.24, 2.45) is 0 Å². The molecule has 2 saturated carbocycles. The van der Waals surface area contributed by atoms with E-state index in [1.807, 2.05) is 0 Å². The van der Waals surface area contributed by atoms with Gasteiger partial charge in [-0.3, -0.25) is 0 Å². The summed E-state index contributed by atoms with van der Waals surface area (Å²) in [5.74, 6) is 2.08. The van der Waals surface area contributed by atoms with Crippen LogP contribution in [-0.4, -0.2) is 66.3 Å². The lowest BCUT2D eigenvalue weighted by Gasteiger charge is -2.39. The van der Waals surface area contributed by atoms with Crippen LogP contribution >= 0.6 is 11.6 Å². The molecule has 1 aliphatic heterocycles. The number of anilines is 1. The fourth-order valence-electron chi connectivity index (χ4n) is 4.07. The molecule has 3 fully saturated rings. The molecule has 3 aliphatic rings. The summed E-state index contributed by atoms with van der Waals surface area (Å²) in [5, 5.41) is 0.467. The van der Waals surface area contributed by atoms with Crippen molar-refractivity contribution in [2.75, 3.05) is 38.1 Å². The zero-order valence-corrected chi connectivity index (χ0v) is 17.4. The second kappa shape index (κ2) is 7.81. The molecule has 0 aromatic carbocycles. The quantitative estimate of drug-likeness (QED) is 0.694. The van der Waals surface area contributed by atoms with Crippen molar-refractivity contribution >= 4 is 27.6 Å². The minimum atomic E-state index is -3.41. The first-order valence-electron chi connectivity index (χ1n) is 9.97. The molecule has 7 nitrogen and oxygen atoms in total. The minimum absolute atomic E-state index is 0.142. The highest BCUT2D eigenvalue weighted by Gasteiger charge is 2.35. The van der Waals surface area contributed by atoms with Crippen LogP contribution in [0, 0.1) is 0 Å². The van der Waals surface area contributed by atoms with Crippen LogP contribution in [0.3, 0.4) is 0 Å². The monoisotopic (exact) mass is 413 g/mol. The maximum atomic E-state index is 13.0. The number of aromatic nitrogens is 2. The van der Waals surface area contributed by atoms with E-state index in [9.17, 15) is 8.42 Å². The first kappa shape index (κ1) is 19.4. The summed E-state index contributed by atoms with van der Waals surface area (Å²) in [6.45, 7) is 2.18. The summed E-state index contributed by atoms with van der Waals surface area (Å²) in [6.07, 6.45) is 7.65. The third-order valence-electron chi connectivity index (χ3n) is 5.98. The van der Waals surface area contributed by atoms with Gasteiger partial charge in [0.15, 0.2) is 0 Å². The van der Waals surface area contributed by atoms with E-state index in [0.717, 1.165) is 50.2 Å². The highest BCUT2D eigenvalue weighted by molar-refractivity contribution is 7.86. The summed E-state index contributed by atoms with van der Waals surface area (Å²) < 4.78 is 29.3. The average molecular weight is 414 g/mol. The van der Waals surface area contributed by atoms with E-state index in [-0.39, 0.29) is 6.04 Å². The third kappa shape index (κ3) is 4.23. The lowest BCUT2D eigenvalue weighted by atomic mass is 9.96. The molecule has 0 bridgehead atoms. The van der Waals surface area contributed by atoms with Gasteiger partial charge in [-0.05, 0) is 25.7 Å². The van der Waals surface area contributed by atoms with Crippen LogP contribution in [0.2, 0.25) is 5.15 Å². The van der Waals surface area contributed by atoms with Gasteiger partial charge in [0.05, 0.1) is 0 Å². The Morgan fingerprint density at radius 2 is 1.70 bits per heavy atom. The highest BCUT2D eigenvalue weighted by atomic mass is 35.5. The molecule has 2 heterocycles. The van der Waals surface area contributed by atoms with Gasteiger partial charge < -0.3 is 4.90 Å². The van der Waals surface area contributed by atoms with E-state index >= 15 is 0 Å². The SMILES string of the molecule is CN(C1CCCCC1)S(=O)(=O)N1CCN(c2cc(Cl)nc(C3CC3)n2)CC1. The molecule has 1 saturated heterocycles. The van der Waals surface area contributed by atoms with Gasteiger partial charge in [-0.1, -0.05) is 30.9 Å². The standard InChI is InChI=1S/C18H28ClN5O2S/c1-22(15-5-3-2-4-6-15)27(25,26)24-11-9-23(10-12-24)17-13-16(19)20-18(21-17)14-7-8-14/h13-15H,2-12H2,1H3. The van der Waals surface area contributed by atoms with E-state index in [1.54, 1.807) is 21.7 Å². The Labute approximate surface area is 166 Å². The maximum absolute atomic E-state index is 13.0. The molecule has 1 aromatic rings. The molecular weight excluding hydrogens is 386 g/mol. The Bertz CT molecular complexity index is 772. The van der Waals surface area contributed by atoms with Crippen molar-refractivity contribution in [2.45, 2.75) is 56.9 Å². The molecule has 27 heavy (non-hydrogen) atoms. The van der Waals surface area contributed by atoms with E-state index in [1.165, 1.54) is 6.42 Å². The molecule has 0 atom stereocenters. The number of hydrogen-bond acceptors (Lipinski definition) is 5. The van der Waals surface area contributed by atoms with Crippen LogP contribution in [0.25, 0.3) is 0 Å². The molecule has 1 aromatic heterocycles. The van der Waals surface area contributed by atoms with Crippen molar-refractivity contribution in [3.63, 3.8) is 0 Å². The number of halogens is 1. The lowest BCUT2D eigenvalue weighted by molar-refractivity contribution is 0.259. The number of piperazine rings is 1. The van der Waals surface area contributed by atoms with Crippen LogP contribution in [0.15, 0.2) is 6.07 Å². The number of hydrogen-bond donors (Lipinski definition) is 0. The number of nitrogens with zero attached hydrogens (tertiary/aromatic N) is 5. The Hall–Kier alpha value is -0.960. The van der Waals surface area contributed by atoms with Gasteiger partial charge in [-0.25, -0.2) is 9.97 Å². The van der Waals surface area contributed by atoms with Crippen molar-refractivity contribution in [1.82, 2.24) is 18.6 Å². The largest absolute Gasteiger partial charge is 0.354 e. The zero-order valence-electron chi connectivity index (χ0n) is 15.8. The normalized spacial score (nSPS) is 23.1. The van der Waals surface area contributed by atoms with Crippen molar-refractivity contribution in [3.05, 3.63) is 17.0 Å². The molecule has 9 heteroatoms.